The fourth-order valence-corrected chi connectivity index (χ4v) is 4.59. The van der Waals surface area contributed by atoms with E-state index in [1.54, 1.807) is 0 Å². The van der Waals surface area contributed by atoms with Crippen molar-refractivity contribution in [2.24, 2.45) is 0 Å². The summed E-state index contributed by atoms with van der Waals surface area (Å²) in [7, 11) is 0. The molecule has 0 amide bonds. The number of para-hydroxylation sites is 1. The summed E-state index contributed by atoms with van der Waals surface area (Å²) in [5, 5.41) is 5.29. The third-order valence-corrected chi connectivity index (χ3v) is 5.46. The van der Waals surface area contributed by atoms with E-state index in [1.165, 1.54) is 38.5 Å². The summed E-state index contributed by atoms with van der Waals surface area (Å²) in [6.45, 7) is 3.35. The van der Waals surface area contributed by atoms with E-state index in [-0.39, 0.29) is 0 Å². The first-order valence-corrected chi connectivity index (χ1v) is 8.92. The van der Waals surface area contributed by atoms with Crippen molar-refractivity contribution in [3.8, 4) is 0 Å². The Morgan fingerprint density at radius 1 is 1.14 bits per heavy atom. The lowest BCUT2D eigenvalue weighted by atomic mass is 9.81. The average molecular weight is 327 g/mol. The van der Waals surface area contributed by atoms with E-state index in [0.29, 0.717) is 18.1 Å². The van der Waals surface area contributed by atoms with E-state index in [2.05, 4.69) is 17.1 Å². The molecule has 2 aliphatic heterocycles. The van der Waals surface area contributed by atoms with Gasteiger partial charge in [-0.3, -0.25) is 0 Å². The van der Waals surface area contributed by atoms with Crippen LogP contribution < -0.4 is 10.2 Å². The second kappa shape index (κ2) is 6.76. The fourth-order valence-electron chi connectivity index (χ4n) is 4.00. The highest BCUT2D eigenvalue weighted by molar-refractivity contribution is 6.39. The highest BCUT2D eigenvalue weighted by Gasteiger charge is 2.39. The van der Waals surface area contributed by atoms with Crippen LogP contribution in [0, 0.1) is 0 Å². The van der Waals surface area contributed by atoms with E-state index in [9.17, 15) is 0 Å². The molecule has 0 saturated carbocycles. The Morgan fingerprint density at radius 3 is 2.33 bits per heavy atom. The zero-order chi connectivity index (χ0) is 14.8. The number of rotatable bonds is 4. The normalized spacial score (nSPS) is 28.7. The van der Waals surface area contributed by atoms with Crippen LogP contribution >= 0.6 is 23.2 Å². The van der Waals surface area contributed by atoms with Crippen molar-refractivity contribution in [1.29, 1.82) is 0 Å². The van der Waals surface area contributed by atoms with Gasteiger partial charge in [0.05, 0.1) is 15.7 Å². The Morgan fingerprint density at radius 2 is 1.76 bits per heavy atom. The maximum absolute atomic E-state index is 6.45. The smallest absolute Gasteiger partial charge is 0.0749 e. The number of halogens is 2. The Hall–Kier alpha value is -0.440. The summed E-state index contributed by atoms with van der Waals surface area (Å²) in [6.07, 6.45) is 7.45. The Bertz CT molecular complexity index is 457. The SMILES string of the molecule is CCCNC1CC2CCCC(C1)N2c1c(Cl)cccc1Cl. The molecule has 0 aliphatic carbocycles. The van der Waals surface area contributed by atoms with Crippen molar-refractivity contribution in [2.75, 3.05) is 11.4 Å². The van der Waals surface area contributed by atoms with E-state index in [4.69, 9.17) is 23.2 Å². The molecule has 4 heteroatoms. The van der Waals surface area contributed by atoms with Crippen LogP contribution in [0.4, 0.5) is 5.69 Å². The molecule has 0 aromatic heterocycles. The fraction of sp³-hybridized carbons (Fsp3) is 0.647. The molecule has 2 saturated heterocycles. The number of benzene rings is 1. The molecular weight excluding hydrogens is 303 g/mol. The third kappa shape index (κ3) is 3.18. The van der Waals surface area contributed by atoms with Crippen molar-refractivity contribution in [1.82, 2.24) is 5.32 Å². The van der Waals surface area contributed by atoms with E-state index >= 15 is 0 Å². The molecule has 2 bridgehead atoms. The molecule has 1 aromatic rings. The zero-order valence-electron chi connectivity index (χ0n) is 12.6. The van der Waals surface area contributed by atoms with Crippen molar-refractivity contribution in [3.63, 3.8) is 0 Å². The molecule has 2 unspecified atom stereocenters. The van der Waals surface area contributed by atoms with Crippen molar-refractivity contribution in [3.05, 3.63) is 28.2 Å². The monoisotopic (exact) mass is 326 g/mol. The maximum Gasteiger partial charge on any atom is 0.0749 e. The summed E-state index contributed by atoms with van der Waals surface area (Å²) in [4.78, 5) is 2.53. The molecular formula is C17H24Cl2N2. The third-order valence-electron chi connectivity index (χ3n) is 4.85. The lowest BCUT2D eigenvalue weighted by molar-refractivity contribution is 0.246. The molecule has 2 atom stereocenters. The van der Waals surface area contributed by atoms with E-state index < -0.39 is 0 Å². The summed E-state index contributed by atoms with van der Waals surface area (Å²) >= 11 is 12.9. The number of fused-ring (bicyclic) bond motifs is 2. The quantitative estimate of drug-likeness (QED) is 0.847. The standard InChI is InChI=1S/C17H24Cl2N2/c1-2-9-20-12-10-13-5-3-6-14(11-12)21(13)17-15(18)7-4-8-16(17)19/h4,7-8,12-14,20H,2-3,5-6,9-11H2,1H3. The topological polar surface area (TPSA) is 15.3 Å². The van der Waals surface area contributed by atoms with Crippen molar-refractivity contribution >= 4 is 28.9 Å². The zero-order valence-corrected chi connectivity index (χ0v) is 14.1. The van der Waals surface area contributed by atoms with Gasteiger partial charge < -0.3 is 10.2 Å². The molecule has 2 aliphatic rings. The van der Waals surface area contributed by atoms with Gasteiger partial charge >= 0.3 is 0 Å². The van der Waals surface area contributed by atoms with Gasteiger partial charge in [0.15, 0.2) is 0 Å². The van der Waals surface area contributed by atoms with Crippen LogP contribution in [0.1, 0.15) is 45.4 Å². The molecule has 3 rings (SSSR count). The largest absolute Gasteiger partial charge is 0.363 e. The van der Waals surface area contributed by atoms with Gasteiger partial charge in [0.25, 0.3) is 0 Å². The van der Waals surface area contributed by atoms with Gasteiger partial charge in [-0.25, -0.2) is 0 Å². The minimum atomic E-state index is 0.573. The van der Waals surface area contributed by atoms with Crippen LogP contribution in [0.15, 0.2) is 18.2 Å². The second-order valence-corrected chi connectivity index (χ2v) is 7.15. The predicted molar refractivity (Wildman–Crippen MR) is 91.7 cm³/mol. The number of hydrogen-bond donors (Lipinski definition) is 1. The molecule has 116 valence electrons. The Labute approximate surface area is 137 Å². The molecule has 1 N–H and O–H groups in total. The number of nitrogens with zero attached hydrogens (tertiary/aromatic N) is 1. The van der Waals surface area contributed by atoms with Crippen LogP contribution in [0.2, 0.25) is 10.0 Å². The Balaban J connectivity index is 1.84. The summed E-state index contributed by atoms with van der Waals surface area (Å²) in [6, 6.07) is 7.64. The van der Waals surface area contributed by atoms with Gasteiger partial charge in [0.2, 0.25) is 0 Å². The first kappa shape index (κ1) is 15.5. The average Bonchev–Trinajstić information content (AvgIpc) is 2.45. The Kier molecular flexibility index (Phi) is 4.98. The number of nitrogens with one attached hydrogen (secondary N) is 1. The molecule has 0 spiro atoms. The molecule has 2 fully saturated rings. The predicted octanol–water partition coefficient (Wildman–Crippen LogP) is 4.88. The minimum Gasteiger partial charge on any atom is -0.363 e. The lowest BCUT2D eigenvalue weighted by Crippen LogP contribution is -2.56. The second-order valence-electron chi connectivity index (χ2n) is 6.34. The first-order valence-electron chi connectivity index (χ1n) is 8.16. The first-order chi connectivity index (χ1) is 10.2. The summed E-state index contributed by atoms with van der Waals surface area (Å²) in [5.74, 6) is 0. The van der Waals surface area contributed by atoms with Gasteiger partial charge in [0.1, 0.15) is 0 Å². The van der Waals surface area contributed by atoms with Gasteiger partial charge in [-0.15, -0.1) is 0 Å². The van der Waals surface area contributed by atoms with Gasteiger partial charge in [0, 0.05) is 18.1 Å². The lowest BCUT2D eigenvalue weighted by Gasteiger charge is -2.51. The molecule has 2 heterocycles. The van der Waals surface area contributed by atoms with E-state index in [0.717, 1.165) is 22.3 Å². The molecule has 2 nitrogen and oxygen atoms in total. The van der Waals surface area contributed by atoms with Crippen molar-refractivity contribution in [2.45, 2.75) is 63.6 Å². The van der Waals surface area contributed by atoms with Crippen LogP contribution in [0.25, 0.3) is 0 Å². The van der Waals surface area contributed by atoms with Crippen LogP contribution in [-0.2, 0) is 0 Å². The number of anilines is 1. The minimum absolute atomic E-state index is 0.573. The molecule has 21 heavy (non-hydrogen) atoms. The molecule has 0 radical (unpaired) electrons. The van der Waals surface area contributed by atoms with Crippen LogP contribution in [-0.4, -0.2) is 24.7 Å². The number of hydrogen-bond acceptors (Lipinski definition) is 2. The van der Waals surface area contributed by atoms with Crippen LogP contribution in [0.5, 0.6) is 0 Å². The van der Waals surface area contributed by atoms with Gasteiger partial charge in [-0.2, -0.15) is 0 Å². The highest BCUT2D eigenvalue weighted by Crippen LogP contribution is 2.43. The molecule has 1 aromatic carbocycles. The maximum atomic E-state index is 6.45. The van der Waals surface area contributed by atoms with Gasteiger partial charge in [-0.05, 0) is 57.2 Å². The summed E-state index contributed by atoms with van der Waals surface area (Å²) < 4.78 is 0. The highest BCUT2D eigenvalue weighted by atomic mass is 35.5. The van der Waals surface area contributed by atoms with Crippen LogP contribution in [0.3, 0.4) is 0 Å². The number of piperidine rings is 2. The van der Waals surface area contributed by atoms with E-state index in [1.807, 2.05) is 18.2 Å². The summed E-state index contributed by atoms with van der Waals surface area (Å²) in [5.41, 5.74) is 1.06. The van der Waals surface area contributed by atoms with Gasteiger partial charge in [-0.1, -0.05) is 36.2 Å². The van der Waals surface area contributed by atoms with Crippen molar-refractivity contribution < 1.29 is 0 Å².